The molecule has 1 aromatic heterocycles. The van der Waals surface area contributed by atoms with Crippen molar-refractivity contribution in [1.29, 1.82) is 0 Å². The van der Waals surface area contributed by atoms with E-state index in [0.717, 1.165) is 23.9 Å². The first-order chi connectivity index (χ1) is 7.22. The molecule has 5 heteroatoms. The van der Waals surface area contributed by atoms with Gasteiger partial charge in [0.05, 0.1) is 12.3 Å². The van der Waals surface area contributed by atoms with Crippen LogP contribution >= 0.6 is 11.3 Å². The molecule has 0 unspecified atom stereocenters. The molecule has 0 saturated heterocycles. The molecule has 0 aromatic carbocycles. The molecule has 0 aliphatic heterocycles. The summed E-state index contributed by atoms with van der Waals surface area (Å²) < 4.78 is 5.14. The number of ether oxygens (including phenoxy) is 1. The zero-order valence-electron chi connectivity index (χ0n) is 9.83. The normalized spacial score (nSPS) is 10.7. The van der Waals surface area contributed by atoms with Crippen LogP contribution in [0.25, 0.3) is 0 Å². The van der Waals surface area contributed by atoms with Gasteiger partial charge >= 0.3 is 0 Å². The summed E-state index contributed by atoms with van der Waals surface area (Å²) in [5.41, 5.74) is 1.05. The maximum atomic E-state index is 5.14. The van der Waals surface area contributed by atoms with Gasteiger partial charge in [0.2, 0.25) is 0 Å². The molecule has 1 N–H and O–H groups in total. The Labute approximate surface area is 95.3 Å². The third-order valence-electron chi connectivity index (χ3n) is 2.19. The fourth-order valence-corrected chi connectivity index (χ4v) is 2.32. The molecule has 15 heavy (non-hydrogen) atoms. The van der Waals surface area contributed by atoms with Gasteiger partial charge in [0.1, 0.15) is 0 Å². The van der Waals surface area contributed by atoms with Crippen molar-refractivity contribution in [3.05, 3.63) is 10.6 Å². The van der Waals surface area contributed by atoms with E-state index >= 15 is 0 Å². The first kappa shape index (κ1) is 12.4. The zero-order chi connectivity index (χ0) is 11.3. The highest BCUT2D eigenvalue weighted by atomic mass is 32.1. The topological polar surface area (TPSA) is 37.4 Å². The van der Waals surface area contributed by atoms with E-state index in [2.05, 4.69) is 29.2 Å². The number of methoxy groups -OCH3 is 1. The summed E-state index contributed by atoms with van der Waals surface area (Å²) in [6.45, 7) is 4.53. The van der Waals surface area contributed by atoms with E-state index in [4.69, 9.17) is 4.74 Å². The van der Waals surface area contributed by atoms with E-state index in [1.54, 1.807) is 18.4 Å². The molecule has 0 atom stereocenters. The predicted molar refractivity (Wildman–Crippen MR) is 64.5 cm³/mol. The van der Waals surface area contributed by atoms with Crippen molar-refractivity contribution in [2.45, 2.75) is 20.1 Å². The van der Waals surface area contributed by atoms with Crippen molar-refractivity contribution in [3.8, 4) is 0 Å². The second kappa shape index (κ2) is 6.05. The van der Waals surface area contributed by atoms with Gasteiger partial charge < -0.3 is 15.0 Å². The van der Waals surface area contributed by atoms with Gasteiger partial charge in [0, 0.05) is 32.1 Å². The lowest BCUT2D eigenvalue weighted by Crippen LogP contribution is -2.15. The summed E-state index contributed by atoms with van der Waals surface area (Å²) >= 11 is 1.73. The highest BCUT2D eigenvalue weighted by Crippen LogP contribution is 2.25. The van der Waals surface area contributed by atoms with Gasteiger partial charge in [0.15, 0.2) is 5.13 Å². The fraction of sp³-hybridized carbons (Fsp3) is 0.700. The van der Waals surface area contributed by atoms with Crippen molar-refractivity contribution in [2.24, 2.45) is 0 Å². The van der Waals surface area contributed by atoms with Gasteiger partial charge in [-0.05, 0) is 14.0 Å². The lowest BCUT2D eigenvalue weighted by atomic mass is 10.4. The zero-order valence-corrected chi connectivity index (χ0v) is 10.6. The minimum Gasteiger partial charge on any atom is -0.378 e. The maximum Gasteiger partial charge on any atom is 0.185 e. The minimum absolute atomic E-state index is 0.588. The van der Waals surface area contributed by atoms with Crippen LogP contribution in [0.3, 0.4) is 0 Å². The molecule has 1 aromatic rings. The third kappa shape index (κ3) is 3.15. The van der Waals surface area contributed by atoms with Crippen LogP contribution in [-0.2, 0) is 17.9 Å². The fourth-order valence-electron chi connectivity index (χ4n) is 1.22. The van der Waals surface area contributed by atoms with Gasteiger partial charge in [-0.25, -0.2) is 4.98 Å². The second-order valence-electron chi connectivity index (χ2n) is 3.34. The summed E-state index contributed by atoms with van der Waals surface area (Å²) in [5.74, 6) is 0. The molecule has 1 rings (SSSR count). The largest absolute Gasteiger partial charge is 0.378 e. The molecule has 1 heterocycles. The number of thiazole rings is 1. The van der Waals surface area contributed by atoms with E-state index < -0.39 is 0 Å². The van der Waals surface area contributed by atoms with Gasteiger partial charge in [-0.15, -0.1) is 11.3 Å². The van der Waals surface area contributed by atoms with Crippen molar-refractivity contribution in [2.75, 3.05) is 32.6 Å². The van der Waals surface area contributed by atoms with Crippen molar-refractivity contribution < 1.29 is 4.74 Å². The summed E-state index contributed by atoms with van der Waals surface area (Å²) in [4.78, 5) is 7.97. The molecule has 0 amide bonds. The maximum absolute atomic E-state index is 5.14. The Bertz CT molecular complexity index is 277. The van der Waals surface area contributed by atoms with Crippen LogP contribution in [0.15, 0.2) is 0 Å². The average Bonchev–Trinajstić information content (AvgIpc) is 2.62. The van der Waals surface area contributed by atoms with Gasteiger partial charge in [-0.1, -0.05) is 0 Å². The number of hydrogen-bond donors (Lipinski definition) is 1. The number of rotatable bonds is 6. The Morgan fingerprint density at radius 1 is 1.53 bits per heavy atom. The number of hydrogen-bond acceptors (Lipinski definition) is 5. The first-order valence-corrected chi connectivity index (χ1v) is 5.87. The first-order valence-electron chi connectivity index (χ1n) is 5.06. The summed E-state index contributed by atoms with van der Waals surface area (Å²) in [6, 6.07) is 0. The molecule has 0 bridgehead atoms. The molecule has 0 spiro atoms. The second-order valence-corrected chi connectivity index (χ2v) is 4.41. The van der Waals surface area contributed by atoms with Crippen LogP contribution in [0, 0.1) is 0 Å². The Morgan fingerprint density at radius 2 is 2.27 bits per heavy atom. The van der Waals surface area contributed by atoms with Crippen LogP contribution in [-0.4, -0.2) is 32.7 Å². The molecule has 0 fully saturated rings. The summed E-state index contributed by atoms with van der Waals surface area (Å²) in [6.07, 6.45) is 0. The Kier molecular flexibility index (Phi) is 5.01. The van der Waals surface area contributed by atoms with Gasteiger partial charge in [0.25, 0.3) is 0 Å². The molecular weight excluding hydrogens is 210 g/mol. The summed E-state index contributed by atoms with van der Waals surface area (Å²) in [7, 11) is 5.70. The monoisotopic (exact) mass is 229 g/mol. The third-order valence-corrected chi connectivity index (χ3v) is 3.40. The van der Waals surface area contributed by atoms with E-state index in [1.807, 2.05) is 7.05 Å². The summed E-state index contributed by atoms with van der Waals surface area (Å²) in [5, 5.41) is 4.21. The number of nitrogens with one attached hydrogen (secondary N) is 1. The Hall–Kier alpha value is -0.650. The molecule has 0 aliphatic rings. The lowest BCUT2D eigenvalue weighted by Gasteiger charge is -2.11. The SMILES string of the molecule is CCN(C)c1nc(COC)c(CNC)s1. The number of nitrogens with zero attached hydrogens (tertiary/aromatic N) is 2. The van der Waals surface area contributed by atoms with Crippen molar-refractivity contribution in [1.82, 2.24) is 10.3 Å². The highest BCUT2D eigenvalue weighted by Gasteiger charge is 2.12. The van der Waals surface area contributed by atoms with E-state index in [-0.39, 0.29) is 0 Å². The molecule has 0 saturated carbocycles. The minimum atomic E-state index is 0.588. The average molecular weight is 229 g/mol. The van der Waals surface area contributed by atoms with Crippen LogP contribution in [0.2, 0.25) is 0 Å². The number of anilines is 1. The van der Waals surface area contributed by atoms with Crippen LogP contribution in [0.4, 0.5) is 5.13 Å². The molecule has 0 aliphatic carbocycles. The van der Waals surface area contributed by atoms with Gasteiger partial charge in [-0.2, -0.15) is 0 Å². The Balaban J connectivity index is 2.87. The van der Waals surface area contributed by atoms with Crippen LogP contribution in [0.1, 0.15) is 17.5 Å². The van der Waals surface area contributed by atoms with Crippen LogP contribution < -0.4 is 10.2 Å². The molecule has 4 nitrogen and oxygen atoms in total. The van der Waals surface area contributed by atoms with E-state index in [0.29, 0.717) is 6.61 Å². The smallest absolute Gasteiger partial charge is 0.185 e. The predicted octanol–water partition coefficient (Wildman–Crippen LogP) is 1.47. The molecule has 86 valence electrons. The molecular formula is C10H19N3OS. The Morgan fingerprint density at radius 3 is 2.80 bits per heavy atom. The van der Waals surface area contributed by atoms with Gasteiger partial charge in [-0.3, -0.25) is 0 Å². The molecule has 0 radical (unpaired) electrons. The van der Waals surface area contributed by atoms with Crippen molar-refractivity contribution >= 4 is 16.5 Å². The van der Waals surface area contributed by atoms with Crippen LogP contribution in [0.5, 0.6) is 0 Å². The highest BCUT2D eigenvalue weighted by molar-refractivity contribution is 7.15. The van der Waals surface area contributed by atoms with Crippen molar-refractivity contribution in [3.63, 3.8) is 0 Å². The lowest BCUT2D eigenvalue weighted by molar-refractivity contribution is 0.181. The standard InChI is InChI=1S/C10H19N3OS/c1-5-13(3)10-12-8(7-14-4)9(15-10)6-11-2/h11H,5-7H2,1-4H3. The van der Waals surface area contributed by atoms with E-state index in [1.165, 1.54) is 4.88 Å². The quantitative estimate of drug-likeness (QED) is 0.801. The van der Waals surface area contributed by atoms with E-state index in [9.17, 15) is 0 Å². The number of aromatic nitrogens is 1.